The van der Waals surface area contributed by atoms with Crippen LogP contribution in [0.3, 0.4) is 0 Å². The van der Waals surface area contributed by atoms with E-state index in [0.29, 0.717) is 0 Å². The van der Waals surface area contributed by atoms with Gasteiger partial charge in [0.1, 0.15) is 5.82 Å². The molecule has 1 N–H and O–H groups in total. The standard InChI is InChI=1S/C13H10BrFN2S2/c14-12-4-2-9(18-12)5-6-16-13-17-10-3-1-8(15)7-11(10)19-13/h1-4,7H,5-6H2,(H,16,17). The SMILES string of the molecule is Fc1ccc2nc(NCCc3ccc(Br)s3)sc2c1. The summed E-state index contributed by atoms with van der Waals surface area (Å²) in [4.78, 5) is 5.75. The van der Waals surface area contributed by atoms with Gasteiger partial charge in [0.15, 0.2) is 5.13 Å². The maximum Gasteiger partial charge on any atom is 0.183 e. The number of hydrogen-bond acceptors (Lipinski definition) is 4. The van der Waals surface area contributed by atoms with Crippen molar-refractivity contribution in [3.05, 3.63) is 44.8 Å². The number of hydrogen-bond donors (Lipinski definition) is 1. The summed E-state index contributed by atoms with van der Waals surface area (Å²) in [6.45, 7) is 0.829. The van der Waals surface area contributed by atoms with Gasteiger partial charge in [-0.1, -0.05) is 11.3 Å². The van der Waals surface area contributed by atoms with Crippen LogP contribution in [-0.2, 0) is 6.42 Å². The maximum absolute atomic E-state index is 13.1. The largest absolute Gasteiger partial charge is 0.361 e. The van der Waals surface area contributed by atoms with Crippen molar-refractivity contribution in [2.24, 2.45) is 0 Å². The molecule has 0 aliphatic rings. The number of benzene rings is 1. The molecule has 0 bridgehead atoms. The third-order valence-electron chi connectivity index (χ3n) is 2.63. The molecule has 0 unspecified atom stereocenters. The number of thiazole rings is 1. The molecule has 1 aromatic carbocycles. The Labute approximate surface area is 126 Å². The van der Waals surface area contributed by atoms with Gasteiger partial charge < -0.3 is 5.32 Å². The monoisotopic (exact) mass is 356 g/mol. The Kier molecular flexibility index (Phi) is 3.81. The van der Waals surface area contributed by atoms with Crippen LogP contribution in [0.25, 0.3) is 10.2 Å². The lowest BCUT2D eigenvalue weighted by atomic mass is 10.3. The molecule has 0 spiro atoms. The molecule has 2 aromatic heterocycles. The molecule has 19 heavy (non-hydrogen) atoms. The Hall–Kier alpha value is -0.980. The summed E-state index contributed by atoms with van der Waals surface area (Å²) in [7, 11) is 0. The number of nitrogens with zero attached hydrogens (tertiary/aromatic N) is 1. The van der Waals surface area contributed by atoms with Gasteiger partial charge in [0.05, 0.1) is 14.0 Å². The fourth-order valence-electron chi connectivity index (χ4n) is 1.75. The van der Waals surface area contributed by atoms with Gasteiger partial charge >= 0.3 is 0 Å². The lowest BCUT2D eigenvalue weighted by Crippen LogP contribution is -2.03. The Morgan fingerprint density at radius 3 is 2.89 bits per heavy atom. The quantitative estimate of drug-likeness (QED) is 0.717. The average molecular weight is 357 g/mol. The lowest BCUT2D eigenvalue weighted by Gasteiger charge is -1.99. The van der Waals surface area contributed by atoms with Crippen molar-refractivity contribution in [1.29, 1.82) is 0 Å². The first kappa shape index (κ1) is 13.0. The van der Waals surface area contributed by atoms with E-state index in [-0.39, 0.29) is 5.82 Å². The smallest absolute Gasteiger partial charge is 0.183 e. The molecule has 98 valence electrons. The summed E-state index contributed by atoms with van der Waals surface area (Å²) in [5, 5.41) is 4.13. The van der Waals surface area contributed by atoms with Crippen molar-refractivity contribution in [3.63, 3.8) is 0 Å². The Morgan fingerprint density at radius 2 is 2.11 bits per heavy atom. The van der Waals surface area contributed by atoms with E-state index in [9.17, 15) is 4.39 Å². The second-order valence-electron chi connectivity index (χ2n) is 4.01. The number of rotatable bonds is 4. The van der Waals surface area contributed by atoms with Gasteiger partial charge in [-0.05, 0) is 52.7 Å². The van der Waals surface area contributed by atoms with Crippen LogP contribution in [-0.4, -0.2) is 11.5 Å². The minimum absolute atomic E-state index is 0.217. The summed E-state index contributed by atoms with van der Waals surface area (Å²) in [6.07, 6.45) is 0.959. The summed E-state index contributed by atoms with van der Waals surface area (Å²) >= 11 is 6.67. The minimum Gasteiger partial charge on any atom is -0.361 e. The van der Waals surface area contributed by atoms with Crippen LogP contribution in [0.5, 0.6) is 0 Å². The molecule has 0 aliphatic heterocycles. The van der Waals surface area contributed by atoms with E-state index in [4.69, 9.17) is 0 Å². The van der Waals surface area contributed by atoms with Crippen LogP contribution in [0.15, 0.2) is 34.1 Å². The van der Waals surface area contributed by atoms with Crippen LogP contribution in [0, 0.1) is 5.82 Å². The van der Waals surface area contributed by atoms with E-state index in [1.807, 2.05) is 0 Å². The van der Waals surface area contributed by atoms with Crippen LogP contribution in [0.2, 0.25) is 0 Å². The molecule has 0 fully saturated rings. The Morgan fingerprint density at radius 1 is 1.21 bits per heavy atom. The third-order valence-corrected chi connectivity index (χ3v) is 5.29. The number of thiophene rings is 1. The first-order chi connectivity index (χ1) is 9.20. The van der Waals surface area contributed by atoms with Gasteiger partial charge in [0, 0.05) is 11.4 Å². The highest BCUT2D eigenvalue weighted by molar-refractivity contribution is 9.11. The molecule has 3 aromatic rings. The van der Waals surface area contributed by atoms with Crippen molar-refractivity contribution >= 4 is 54.0 Å². The summed E-state index contributed by atoms with van der Waals surface area (Å²) in [5.41, 5.74) is 0.841. The summed E-state index contributed by atoms with van der Waals surface area (Å²) in [6, 6.07) is 8.84. The molecule has 2 heterocycles. The van der Waals surface area contributed by atoms with E-state index in [1.54, 1.807) is 17.4 Å². The second kappa shape index (κ2) is 5.56. The van der Waals surface area contributed by atoms with Crippen molar-refractivity contribution < 1.29 is 4.39 Å². The lowest BCUT2D eigenvalue weighted by molar-refractivity contribution is 0.630. The molecule has 2 nitrogen and oxygen atoms in total. The van der Waals surface area contributed by atoms with Crippen LogP contribution in [0.1, 0.15) is 4.88 Å². The van der Waals surface area contributed by atoms with Gasteiger partial charge in [0.25, 0.3) is 0 Å². The van der Waals surface area contributed by atoms with Crippen molar-refractivity contribution in [1.82, 2.24) is 4.98 Å². The first-order valence-electron chi connectivity index (χ1n) is 5.75. The molecule has 6 heteroatoms. The van der Waals surface area contributed by atoms with Gasteiger partial charge in [-0.3, -0.25) is 0 Å². The molecular formula is C13H10BrFN2S2. The third kappa shape index (κ3) is 3.13. The number of fused-ring (bicyclic) bond motifs is 1. The van der Waals surface area contributed by atoms with Gasteiger partial charge in [-0.2, -0.15) is 0 Å². The molecule has 3 rings (SSSR count). The predicted octanol–water partition coefficient (Wildman–Crippen LogP) is 4.91. The highest BCUT2D eigenvalue weighted by Gasteiger charge is 2.04. The van der Waals surface area contributed by atoms with E-state index >= 15 is 0 Å². The van der Waals surface area contributed by atoms with Crippen molar-refractivity contribution in [2.75, 3.05) is 11.9 Å². The zero-order valence-corrected chi connectivity index (χ0v) is 13.0. The molecular weight excluding hydrogens is 347 g/mol. The zero-order valence-electron chi connectivity index (χ0n) is 9.82. The molecule has 0 saturated heterocycles. The zero-order chi connectivity index (χ0) is 13.2. The molecule has 0 radical (unpaired) electrons. The fraction of sp³-hybridized carbons (Fsp3) is 0.154. The van der Waals surface area contributed by atoms with E-state index in [0.717, 1.165) is 32.1 Å². The van der Waals surface area contributed by atoms with Gasteiger partial charge in [-0.25, -0.2) is 9.37 Å². The molecule has 0 aliphatic carbocycles. The number of anilines is 1. The second-order valence-corrected chi connectivity index (χ2v) is 7.59. The fourth-order valence-corrected chi connectivity index (χ4v) is 4.15. The Balaban J connectivity index is 1.65. The molecule has 0 saturated carbocycles. The first-order valence-corrected chi connectivity index (χ1v) is 8.17. The van der Waals surface area contributed by atoms with Gasteiger partial charge in [0.2, 0.25) is 0 Å². The van der Waals surface area contributed by atoms with Crippen LogP contribution >= 0.6 is 38.6 Å². The Bertz CT molecular complexity index is 708. The van der Waals surface area contributed by atoms with Crippen LogP contribution in [0.4, 0.5) is 9.52 Å². The highest BCUT2D eigenvalue weighted by atomic mass is 79.9. The van der Waals surface area contributed by atoms with E-state index in [1.165, 1.54) is 28.3 Å². The molecule has 0 atom stereocenters. The van der Waals surface area contributed by atoms with Crippen molar-refractivity contribution in [2.45, 2.75) is 6.42 Å². The minimum atomic E-state index is -0.217. The topological polar surface area (TPSA) is 24.9 Å². The maximum atomic E-state index is 13.1. The average Bonchev–Trinajstić information content (AvgIpc) is 2.95. The number of nitrogens with one attached hydrogen (secondary N) is 1. The van der Waals surface area contributed by atoms with Crippen molar-refractivity contribution in [3.8, 4) is 0 Å². The van der Waals surface area contributed by atoms with E-state index < -0.39 is 0 Å². The normalized spacial score (nSPS) is 11.1. The van der Waals surface area contributed by atoms with Crippen LogP contribution < -0.4 is 5.32 Å². The summed E-state index contributed by atoms with van der Waals surface area (Å²) in [5.74, 6) is -0.217. The van der Waals surface area contributed by atoms with E-state index in [2.05, 4.69) is 38.4 Å². The van der Waals surface area contributed by atoms with Gasteiger partial charge in [-0.15, -0.1) is 11.3 Å². The summed E-state index contributed by atoms with van der Waals surface area (Å²) < 4.78 is 15.1. The number of halogens is 2. The molecule has 0 amide bonds. The predicted molar refractivity (Wildman–Crippen MR) is 83.8 cm³/mol. The number of aromatic nitrogens is 1. The highest BCUT2D eigenvalue weighted by Crippen LogP contribution is 2.27.